The minimum Gasteiger partial charge on any atom is -0.464 e. The van der Waals surface area contributed by atoms with Gasteiger partial charge in [0.2, 0.25) is 0 Å². The summed E-state index contributed by atoms with van der Waals surface area (Å²) in [5, 5.41) is 4.16. The fourth-order valence-corrected chi connectivity index (χ4v) is 2.53. The fourth-order valence-electron chi connectivity index (χ4n) is 2.18. The summed E-state index contributed by atoms with van der Waals surface area (Å²) < 4.78 is 5.61. The van der Waals surface area contributed by atoms with Gasteiger partial charge >= 0.3 is 0 Å². The molecule has 0 amide bonds. The zero-order chi connectivity index (χ0) is 15.4. The highest BCUT2D eigenvalue weighted by Gasteiger charge is 2.09. The van der Waals surface area contributed by atoms with Crippen molar-refractivity contribution in [3.8, 4) is 0 Å². The van der Waals surface area contributed by atoms with E-state index in [-0.39, 0.29) is 0 Å². The van der Waals surface area contributed by atoms with Crippen LogP contribution in [0.2, 0.25) is 5.02 Å². The van der Waals surface area contributed by atoms with Gasteiger partial charge in [-0.3, -0.25) is 0 Å². The summed E-state index contributed by atoms with van der Waals surface area (Å²) in [5.74, 6) is 1.87. The fraction of sp³-hybridized carbons (Fsp3) is 0.412. The first-order valence-corrected chi connectivity index (χ1v) is 7.61. The highest BCUT2D eigenvalue weighted by atomic mass is 35.5. The van der Waals surface area contributed by atoms with Crippen LogP contribution in [0.3, 0.4) is 0 Å². The number of anilines is 1. The average molecular weight is 307 g/mol. The first kappa shape index (κ1) is 15.9. The molecule has 1 aromatic carbocycles. The third-order valence-electron chi connectivity index (χ3n) is 3.33. The first-order valence-electron chi connectivity index (χ1n) is 7.24. The third-order valence-corrected chi connectivity index (χ3v) is 3.63. The minimum atomic E-state index is 0.466. The second-order valence-electron chi connectivity index (χ2n) is 5.69. The lowest BCUT2D eigenvalue weighted by atomic mass is 10.2. The number of benzene rings is 1. The van der Waals surface area contributed by atoms with Crippen LogP contribution in [-0.4, -0.2) is 13.1 Å². The van der Waals surface area contributed by atoms with Crippen LogP contribution in [0.15, 0.2) is 34.7 Å². The van der Waals surface area contributed by atoms with Gasteiger partial charge in [-0.25, -0.2) is 0 Å². The van der Waals surface area contributed by atoms with Crippen molar-refractivity contribution in [2.24, 2.45) is 0 Å². The molecule has 1 heterocycles. The minimum absolute atomic E-state index is 0.466. The maximum atomic E-state index is 6.41. The highest BCUT2D eigenvalue weighted by molar-refractivity contribution is 6.33. The molecule has 0 saturated heterocycles. The molecule has 0 aliphatic rings. The Hall–Kier alpha value is -1.45. The Morgan fingerprint density at radius 2 is 2.00 bits per heavy atom. The van der Waals surface area contributed by atoms with E-state index < -0.39 is 0 Å². The van der Waals surface area contributed by atoms with Gasteiger partial charge < -0.3 is 14.6 Å². The molecule has 1 aromatic heterocycles. The van der Waals surface area contributed by atoms with E-state index in [4.69, 9.17) is 16.0 Å². The van der Waals surface area contributed by atoms with Crippen molar-refractivity contribution in [1.29, 1.82) is 0 Å². The van der Waals surface area contributed by atoms with Gasteiger partial charge in [-0.1, -0.05) is 31.5 Å². The number of nitrogens with zero attached hydrogens (tertiary/aromatic N) is 1. The molecular formula is C17H23ClN2O. The van der Waals surface area contributed by atoms with Crippen LogP contribution in [-0.2, 0) is 13.1 Å². The van der Waals surface area contributed by atoms with Crippen LogP contribution in [0.4, 0.5) is 5.69 Å². The number of furan rings is 1. The molecule has 0 aliphatic carbocycles. The molecule has 0 unspecified atom stereocenters. The van der Waals surface area contributed by atoms with Crippen molar-refractivity contribution < 1.29 is 4.42 Å². The van der Waals surface area contributed by atoms with Gasteiger partial charge in [-0.05, 0) is 36.8 Å². The quantitative estimate of drug-likeness (QED) is 0.858. The number of nitrogens with one attached hydrogen (secondary N) is 1. The number of hydrogen-bond acceptors (Lipinski definition) is 3. The summed E-state index contributed by atoms with van der Waals surface area (Å²) >= 11 is 6.41. The topological polar surface area (TPSA) is 28.4 Å². The van der Waals surface area contributed by atoms with Crippen molar-refractivity contribution in [2.45, 2.75) is 39.9 Å². The van der Waals surface area contributed by atoms with E-state index in [9.17, 15) is 0 Å². The van der Waals surface area contributed by atoms with E-state index in [0.29, 0.717) is 12.6 Å². The molecule has 0 spiro atoms. The molecule has 0 aliphatic heterocycles. The summed E-state index contributed by atoms with van der Waals surface area (Å²) in [6.07, 6.45) is 0. The lowest BCUT2D eigenvalue weighted by Crippen LogP contribution is -2.22. The number of halogens is 1. The van der Waals surface area contributed by atoms with Crippen molar-refractivity contribution in [2.75, 3.05) is 11.9 Å². The number of hydrogen-bond donors (Lipinski definition) is 1. The van der Waals surface area contributed by atoms with Crippen LogP contribution in [0.5, 0.6) is 0 Å². The molecular weight excluding hydrogens is 284 g/mol. The van der Waals surface area contributed by atoms with Crippen molar-refractivity contribution in [3.05, 3.63) is 52.4 Å². The molecule has 0 bridgehead atoms. The van der Waals surface area contributed by atoms with Crippen LogP contribution in [0.1, 0.15) is 30.9 Å². The summed E-state index contributed by atoms with van der Waals surface area (Å²) in [4.78, 5) is 2.10. The lowest BCUT2D eigenvalue weighted by molar-refractivity contribution is 0.482. The summed E-state index contributed by atoms with van der Waals surface area (Å²) in [6.45, 7) is 7.76. The molecule has 2 rings (SSSR count). The van der Waals surface area contributed by atoms with E-state index in [2.05, 4.69) is 36.2 Å². The van der Waals surface area contributed by atoms with Gasteiger partial charge in [0.05, 0.1) is 17.3 Å². The summed E-state index contributed by atoms with van der Waals surface area (Å²) in [5.41, 5.74) is 2.21. The van der Waals surface area contributed by atoms with Crippen molar-refractivity contribution in [1.82, 2.24) is 5.32 Å². The lowest BCUT2D eigenvalue weighted by Gasteiger charge is -2.20. The van der Waals surface area contributed by atoms with Gasteiger partial charge in [0, 0.05) is 19.6 Å². The second kappa shape index (κ2) is 7.01. The third kappa shape index (κ3) is 4.51. The number of rotatable bonds is 6. The van der Waals surface area contributed by atoms with Crippen LogP contribution < -0.4 is 10.2 Å². The SMILES string of the molecule is Cc1ccc(CN(C)c2ccc(CNC(C)C)cc2Cl)o1. The second-order valence-corrected chi connectivity index (χ2v) is 6.10. The van der Waals surface area contributed by atoms with E-state index in [0.717, 1.165) is 28.8 Å². The molecule has 114 valence electrons. The molecule has 2 aromatic rings. The molecule has 21 heavy (non-hydrogen) atoms. The Labute approximate surface area is 131 Å². The monoisotopic (exact) mass is 306 g/mol. The number of aryl methyl sites for hydroxylation is 1. The summed E-state index contributed by atoms with van der Waals surface area (Å²) in [6, 6.07) is 10.6. The Kier molecular flexibility index (Phi) is 5.32. The summed E-state index contributed by atoms with van der Waals surface area (Å²) in [7, 11) is 2.02. The highest BCUT2D eigenvalue weighted by Crippen LogP contribution is 2.27. The Balaban J connectivity index is 2.05. The Bertz CT molecular complexity index is 592. The molecule has 0 fully saturated rings. The van der Waals surface area contributed by atoms with E-state index in [1.165, 1.54) is 5.56 Å². The van der Waals surface area contributed by atoms with E-state index in [1.54, 1.807) is 0 Å². The van der Waals surface area contributed by atoms with Crippen LogP contribution in [0.25, 0.3) is 0 Å². The maximum Gasteiger partial charge on any atom is 0.123 e. The smallest absolute Gasteiger partial charge is 0.123 e. The van der Waals surface area contributed by atoms with Gasteiger partial charge in [0.25, 0.3) is 0 Å². The molecule has 0 atom stereocenters. The maximum absolute atomic E-state index is 6.41. The van der Waals surface area contributed by atoms with Gasteiger partial charge in [0.1, 0.15) is 11.5 Å². The van der Waals surface area contributed by atoms with Gasteiger partial charge in [-0.15, -0.1) is 0 Å². The first-order chi connectivity index (χ1) is 9.95. The van der Waals surface area contributed by atoms with Crippen molar-refractivity contribution >= 4 is 17.3 Å². The van der Waals surface area contributed by atoms with Crippen molar-refractivity contribution in [3.63, 3.8) is 0 Å². The molecule has 1 N–H and O–H groups in total. The van der Waals surface area contributed by atoms with Crippen LogP contribution >= 0.6 is 11.6 Å². The molecule has 3 nitrogen and oxygen atoms in total. The van der Waals surface area contributed by atoms with Gasteiger partial charge in [-0.2, -0.15) is 0 Å². The standard InChI is InChI=1S/C17H23ClN2O/c1-12(2)19-10-14-6-8-17(16(18)9-14)20(4)11-15-7-5-13(3)21-15/h5-9,12,19H,10-11H2,1-4H3. The predicted octanol–water partition coefficient (Wildman–Crippen LogP) is 4.38. The van der Waals surface area contributed by atoms with Crippen LogP contribution in [0, 0.1) is 6.92 Å². The zero-order valence-electron chi connectivity index (χ0n) is 13.1. The normalized spacial score (nSPS) is 11.1. The predicted molar refractivity (Wildman–Crippen MR) is 89.0 cm³/mol. The van der Waals surface area contributed by atoms with E-state index in [1.807, 2.05) is 32.2 Å². The van der Waals surface area contributed by atoms with E-state index >= 15 is 0 Å². The Morgan fingerprint density at radius 3 is 2.57 bits per heavy atom. The molecule has 4 heteroatoms. The molecule has 0 radical (unpaired) electrons. The molecule has 0 saturated carbocycles. The largest absolute Gasteiger partial charge is 0.464 e. The zero-order valence-corrected chi connectivity index (χ0v) is 13.9. The Morgan fingerprint density at radius 1 is 1.24 bits per heavy atom. The van der Waals surface area contributed by atoms with Gasteiger partial charge in [0.15, 0.2) is 0 Å². The average Bonchev–Trinajstić information content (AvgIpc) is 2.81.